The van der Waals surface area contributed by atoms with E-state index in [9.17, 15) is 9.59 Å². The number of amides is 4. The molecule has 0 radical (unpaired) electrons. The van der Waals surface area contributed by atoms with Crippen LogP contribution in [0.4, 0.5) is 78.9 Å². The molecule has 0 unspecified atom stereocenters. The lowest BCUT2D eigenvalue weighted by Crippen LogP contribution is -2.19. The number of hydrogen-bond donors (Lipinski definition) is 10. The van der Waals surface area contributed by atoms with E-state index in [1.807, 2.05) is 123 Å². The van der Waals surface area contributed by atoms with Crippen molar-refractivity contribution in [1.82, 2.24) is 40.3 Å². The number of aryl methyl sites for hydroxylation is 1. The molecule has 0 saturated heterocycles. The zero-order valence-corrected chi connectivity index (χ0v) is 40.9. The van der Waals surface area contributed by atoms with Crippen LogP contribution in [0.2, 0.25) is 0 Å². The Labute approximate surface area is 421 Å². The van der Waals surface area contributed by atoms with Gasteiger partial charge >= 0.3 is 12.1 Å². The highest BCUT2D eigenvalue weighted by Crippen LogP contribution is 2.40. The number of rotatable bonds is 15. The molecule has 20 heteroatoms. The van der Waals surface area contributed by atoms with Crippen LogP contribution in [0.25, 0.3) is 0 Å². The molecule has 72 heavy (non-hydrogen) atoms. The number of fused-ring (bicyclic) bond motifs is 1. The third kappa shape index (κ3) is 13.8. The molecule has 0 spiro atoms. The maximum atomic E-state index is 12.5. The molecule has 4 amide bonds. The van der Waals surface area contributed by atoms with Gasteiger partial charge in [0.2, 0.25) is 11.9 Å². The minimum absolute atomic E-state index is 0.302. The van der Waals surface area contributed by atoms with Crippen molar-refractivity contribution in [3.63, 3.8) is 0 Å². The van der Waals surface area contributed by atoms with Gasteiger partial charge in [0.15, 0.2) is 11.6 Å². The van der Waals surface area contributed by atoms with E-state index in [0.717, 1.165) is 81.4 Å². The van der Waals surface area contributed by atoms with Crippen molar-refractivity contribution in [3.05, 3.63) is 145 Å². The van der Waals surface area contributed by atoms with Gasteiger partial charge in [-0.05, 0) is 147 Å². The fourth-order valence-electron chi connectivity index (χ4n) is 7.51. The van der Waals surface area contributed by atoms with E-state index >= 15 is 0 Å². The molecule has 0 atom stereocenters. The fourth-order valence-corrected chi connectivity index (χ4v) is 7.97. The number of urea groups is 2. The Bertz CT molecular complexity index is 3080. The zero-order valence-electron chi connectivity index (χ0n) is 40.0. The van der Waals surface area contributed by atoms with E-state index in [2.05, 4.69) is 82.9 Å². The van der Waals surface area contributed by atoms with Crippen LogP contribution in [-0.2, 0) is 6.42 Å². The van der Waals surface area contributed by atoms with Crippen molar-refractivity contribution in [2.75, 3.05) is 55.4 Å². The van der Waals surface area contributed by atoms with Gasteiger partial charge in [0.25, 0.3) is 0 Å². The van der Waals surface area contributed by atoms with Crippen LogP contribution in [0, 0.1) is 0 Å². The molecule has 2 saturated carbocycles. The summed E-state index contributed by atoms with van der Waals surface area (Å²) in [5, 5.41) is 38.9. The highest BCUT2D eigenvalue weighted by atomic mass is 32.2. The number of carbonyl (C=O) groups excluding carboxylic acids is 2. The van der Waals surface area contributed by atoms with Crippen molar-refractivity contribution in [2.45, 2.75) is 69.1 Å². The molecule has 0 bridgehead atoms. The van der Waals surface area contributed by atoms with E-state index in [4.69, 9.17) is 4.74 Å². The number of carbonyl (C=O) groups is 2. The Morgan fingerprint density at radius 2 is 1.04 bits per heavy atom. The standard InChI is InChI=1S/C26H26N8O2.C24H24N8OS.C2H6/c35-26(30-20-9-10-22-17(14-20)2-1-13-36-22)29-19-7-5-18(6-8-19)28-25-27-12-11-23(32-25)31-24-15-21(33-34-24)16-3-4-16;1-34-19-4-2-3-18(13-19)28-24(33)27-17-9-7-16(8-10-17)26-23-25-12-11-21(30-23)29-22-14-20(31-32-22)15-5-6-15;1-2/h5-12,14-16H,1-4,13H2,(H2,29,30,35)(H3,27,28,31,32,33,34);2-4,7-15H,5-6H2,1H3,(H2,27,28,33)(H3,25,26,29,30,31,32);1-2H3. The second-order valence-corrected chi connectivity index (χ2v) is 17.7. The molecule has 4 aromatic heterocycles. The van der Waals surface area contributed by atoms with Crippen molar-refractivity contribution in [3.8, 4) is 5.75 Å². The van der Waals surface area contributed by atoms with Gasteiger partial charge in [0.1, 0.15) is 17.4 Å². The van der Waals surface area contributed by atoms with Crippen LogP contribution in [-0.4, -0.2) is 65.3 Å². The number of benzene rings is 4. The average molecular weight is 985 g/mol. The number of hydrogen-bond acceptors (Lipinski definition) is 14. The highest BCUT2D eigenvalue weighted by molar-refractivity contribution is 7.98. The van der Waals surface area contributed by atoms with E-state index in [1.165, 1.54) is 25.7 Å². The Balaban J connectivity index is 0.000000172. The number of nitrogens with one attached hydrogen (secondary N) is 10. The van der Waals surface area contributed by atoms with Crippen LogP contribution in [0.15, 0.2) is 133 Å². The summed E-state index contributed by atoms with van der Waals surface area (Å²) in [6.45, 7) is 4.74. The molecule has 8 aromatic rings. The summed E-state index contributed by atoms with van der Waals surface area (Å²) in [5.74, 6) is 5.78. The summed E-state index contributed by atoms with van der Waals surface area (Å²) in [7, 11) is 0. The smallest absolute Gasteiger partial charge is 0.323 e. The molecule has 1 aliphatic heterocycles. The lowest BCUT2D eigenvalue weighted by Gasteiger charge is -2.18. The Kier molecular flexibility index (Phi) is 15.7. The van der Waals surface area contributed by atoms with Crippen LogP contribution in [0.5, 0.6) is 5.75 Å². The first-order chi connectivity index (χ1) is 35.3. The summed E-state index contributed by atoms with van der Waals surface area (Å²) >= 11 is 1.62. The molecular formula is C52H56N16O3S. The number of nitrogens with zero attached hydrogens (tertiary/aromatic N) is 6. The second-order valence-electron chi connectivity index (χ2n) is 16.8. The van der Waals surface area contributed by atoms with Gasteiger partial charge in [-0.3, -0.25) is 10.2 Å². The maximum Gasteiger partial charge on any atom is 0.323 e. The topological polar surface area (TPSA) is 249 Å². The van der Waals surface area contributed by atoms with Crippen molar-refractivity contribution in [1.29, 1.82) is 0 Å². The van der Waals surface area contributed by atoms with Gasteiger partial charge in [-0.1, -0.05) is 19.9 Å². The van der Waals surface area contributed by atoms with Crippen LogP contribution in [0.1, 0.15) is 74.7 Å². The maximum absolute atomic E-state index is 12.5. The predicted molar refractivity (Wildman–Crippen MR) is 286 cm³/mol. The Morgan fingerprint density at radius 1 is 0.556 bits per heavy atom. The first-order valence-electron chi connectivity index (χ1n) is 23.9. The number of anilines is 12. The Morgan fingerprint density at radius 3 is 1.56 bits per heavy atom. The van der Waals surface area contributed by atoms with E-state index in [-0.39, 0.29) is 12.1 Å². The SMILES string of the molecule is CC.CSc1cccc(NC(=O)Nc2ccc(Nc3nccc(Nc4cc(C5CC5)[nH]n4)n3)cc2)c1.O=C(Nc1ccc(Nc2nccc(Nc3cc(C4CC4)[nH]n3)n2)cc1)Nc1ccc2c(c1)CCCO2. The first kappa shape index (κ1) is 48.4. The van der Waals surface area contributed by atoms with Gasteiger partial charge in [-0.2, -0.15) is 20.2 Å². The number of aromatic nitrogens is 8. The second kappa shape index (κ2) is 23.3. The molecule has 2 aliphatic carbocycles. The number of H-pyrrole nitrogens is 2. The van der Waals surface area contributed by atoms with E-state index in [1.54, 1.807) is 36.3 Å². The summed E-state index contributed by atoms with van der Waals surface area (Å²) in [6.07, 6.45) is 12.2. The lowest BCUT2D eigenvalue weighted by molar-refractivity contribution is 0.261. The molecule has 10 N–H and O–H groups in total. The quantitative estimate of drug-likeness (QED) is 0.0429. The van der Waals surface area contributed by atoms with Crippen LogP contribution in [0.3, 0.4) is 0 Å². The van der Waals surface area contributed by atoms with Gasteiger partial charge < -0.3 is 47.3 Å². The summed E-state index contributed by atoms with van der Waals surface area (Å²) in [6, 6.07) is 35.1. The lowest BCUT2D eigenvalue weighted by atomic mass is 10.1. The molecule has 368 valence electrons. The fraction of sp³-hybridized carbons (Fsp3) is 0.231. The summed E-state index contributed by atoms with van der Waals surface area (Å²) in [5.41, 5.74) is 7.84. The minimum Gasteiger partial charge on any atom is -0.493 e. The molecule has 2 fully saturated rings. The number of aromatic amines is 2. The monoisotopic (exact) mass is 984 g/mol. The minimum atomic E-state index is -0.308. The van der Waals surface area contributed by atoms with Crippen LogP contribution >= 0.6 is 11.8 Å². The van der Waals surface area contributed by atoms with Gasteiger partial charge in [0.05, 0.1) is 6.61 Å². The highest BCUT2D eigenvalue weighted by Gasteiger charge is 2.26. The molecule has 5 heterocycles. The van der Waals surface area contributed by atoms with Crippen molar-refractivity contribution < 1.29 is 14.3 Å². The van der Waals surface area contributed by atoms with Crippen LogP contribution < -0.4 is 47.3 Å². The summed E-state index contributed by atoms with van der Waals surface area (Å²) in [4.78, 5) is 43.4. The molecule has 19 nitrogen and oxygen atoms in total. The number of ether oxygens (including phenoxy) is 1. The zero-order chi connectivity index (χ0) is 49.7. The van der Waals surface area contributed by atoms with E-state index in [0.29, 0.717) is 46.7 Å². The third-order valence-electron chi connectivity index (χ3n) is 11.3. The Hall–Kier alpha value is -8.65. The average Bonchev–Trinajstić information content (AvgIpc) is 4.34. The predicted octanol–water partition coefficient (Wildman–Crippen LogP) is 12.5. The normalized spacial score (nSPS) is 13.3. The van der Waals surface area contributed by atoms with Crippen molar-refractivity contribution >= 4 is 93.1 Å². The molecule has 4 aromatic carbocycles. The number of thioether (sulfide) groups is 1. The first-order valence-corrected chi connectivity index (χ1v) is 25.2. The van der Waals surface area contributed by atoms with Crippen molar-refractivity contribution in [2.24, 2.45) is 0 Å². The largest absolute Gasteiger partial charge is 0.493 e. The molecule has 11 rings (SSSR count). The summed E-state index contributed by atoms with van der Waals surface area (Å²) < 4.78 is 5.63. The van der Waals surface area contributed by atoms with Gasteiger partial charge in [-0.25, -0.2) is 19.6 Å². The molecule has 3 aliphatic rings. The van der Waals surface area contributed by atoms with Gasteiger partial charge in [-0.15, -0.1) is 11.8 Å². The molecular weight excluding hydrogens is 929 g/mol. The van der Waals surface area contributed by atoms with E-state index < -0.39 is 0 Å². The third-order valence-corrected chi connectivity index (χ3v) is 12.1. The van der Waals surface area contributed by atoms with Gasteiger partial charge in [0, 0.05) is 86.8 Å².